The Morgan fingerprint density at radius 2 is 1.92 bits per heavy atom. The molecule has 0 unspecified atom stereocenters. The van der Waals surface area contributed by atoms with E-state index in [9.17, 15) is 9.50 Å². The Labute approximate surface area is 157 Å². The van der Waals surface area contributed by atoms with Gasteiger partial charge in [-0.2, -0.15) is 0 Å². The average molecular weight is 377 g/mol. The van der Waals surface area contributed by atoms with Crippen LogP contribution in [-0.4, -0.2) is 41.0 Å². The van der Waals surface area contributed by atoms with Gasteiger partial charge in [-0.1, -0.05) is 41.0 Å². The summed E-state index contributed by atoms with van der Waals surface area (Å²) in [5.74, 6) is -0.254. The molecule has 6 heteroatoms. The van der Waals surface area contributed by atoms with Gasteiger partial charge in [-0.25, -0.2) is 4.39 Å². The van der Waals surface area contributed by atoms with Crippen molar-refractivity contribution in [1.82, 2.24) is 4.90 Å². The first-order valence-corrected chi connectivity index (χ1v) is 9.01. The minimum Gasteiger partial charge on any atom is -0.392 e. The van der Waals surface area contributed by atoms with Crippen LogP contribution in [-0.2, 0) is 11.4 Å². The molecule has 0 saturated carbocycles. The fourth-order valence-electron chi connectivity index (χ4n) is 3.05. The highest BCUT2D eigenvalue weighted by Gasteiger charge is 2.25. The minimum atomic E-state index is -0.464. The predicted molar refractivity (Wildman–Crippen MR) is 101 cm³/mol. The maximum Gasteiger partial charge on any atom is 0.145 e. The highest BCUT2D eigenvalue weighted by Crippen LogP contribution is 2.20. The maximum absolute atomic E-state index is 13.1. The molecule has 2 aromatic carbocycles. The number of oxime groups is 1. The van der Waals surface area contributed by atoms with Crippen LogP contribution in [0.5, 0.6) is 0 Å². The van der Waals surface area contributed by atoms with Gasteiger partial charge < -0.3 is 9.94 Å². The van der Waals surface area contributed by atoms with Gasteiger partial charge in [0, 0.05) is 31.1 Å². The highest BCUT2D eigenvalue weighted by atomic mass is 35.5. The summed E-state index contributed by atoms with van der Waals surface area (Å²) in [7, 11) is 0. The lowest BCUT2D eigenvalue weighted by atomic mass is 10.0. The molecular formula is C20H22ClFN2O2. The second-order valence-electron chi connectivity index (χ2n) is 6.65. The van der Waals surface area contributed by atoms with Crippen molar-refractivity contribution in [3.63, 3.8) is 0 Å². The van der Waals surface area contributed by atoms with Crippen molar-refractivity contribution in [3.05, 3.63) is 70.5 Å². The number of rotatable bonds is 7. The summed E-state index contributed by atoms with van der Waals surface area (Å²) in [6.45, 7) is 3.50. The molecule has 0 aromatic heterocycles. The molecule has 0 aliphatic carbocycles. The standard InChI is InChI=1S/C20H22ClFN2O2/c1-14(25)11-24(12-15-2-8-18(22)9-3-15)13-19-10-20(23-26-19)16-4-6-17(21)7-5-16/h2-9,14,19,25H,10-13H2,1H3/t14-,19+/m0/s1. The Bertz CT molecular complexity index is 747. The van der Waals surface area contributed by atoms with Gasteiger partial charge >= 0.3 is 0 Å². The number of benzene rings is 2. The van der Waals surface area contributed by atoms with Crippen LogP contribution >= 0.6 is 11.6 Å². The summed E-state index contributed by atoms with van der Waals surface area (Å²) in [4.78, 5) is 7.69. The highest BCUT2D eigenvalue weighted by molar-refractivity contribution is 6.30. The summed E-state index contributed by atoms with van der Waals surface area (Å²) in [6.07, 6.45) is 0.148. The van der Waals surface area contributed by atoms with E-state index in [4.69, 9.17) is 16.4 Å². The van der Waals surface area contributed by atoms with Crippen molar-refractivity contribution in [2.75, 3.05) is 13.1 Å². The van der Waals surface area contributed by atoms with E-state index >= 15 is 0 Å². The second-order valence-corrected chi connectivity index (χ2v) is 7.08. The molecule has 1 aliphatic heterocycles. The molecule has 3 rings (SSSR count). The number of hydrogen-bond donors (Lipinski definition) is 1. The summed E-state index contributed by atoms with van der Waals surface area (Å²) >= 11 is 5.93. The number of aliphatic hydroxyl groups excluding tert-OH is 1. The van der Waals surface area contributed by atoms with Crippen LogP contribution in [0.4, 0.5) is 4.39 Å². The van der Waals surface area contributed by atoms with E-state index in [0.29, 0.717) is 31.1 Å². The average Bonchev–Trinajstić information content (AvgIpc) is 3.05. The van der Waals surface area contributed by atoms with Crippen LogP contribution in [0.1, 0.15) is 24.5 Å². The molecule has 0 spiro atoms. The van der Waals surface area contributed by atoms with Gasteiger partial charge in [0.1, 0.15) is 11.9 Å². The molecule has 4 nitrogen and oxygen atoms in total. The van der Waals surface area contributed by atoms with Gasteiger partial charge in [-0.3, -0.25) is 4.90 Å². The van der Waals surface area contributed by atoms with Crippen LogP contribution in [0.3, 0.4) is 0 Å². The molecule has 0 saturated heterocycles. The van der Waals surface area contributed by atoms with Crippen LogP contribution in [0.2, 0.25) is 5.02 Å². The predicted octanol–water partition coefficient (Wildman–Crippen LogP) is 3.86. The first kappa shape index (κ1) is 18.8. The molecule has 0 bridgehead atoms. The van der Waals surface area contributed by atoms with E-state index in [1.54, 1.807) is 19.1 Å². The van der Waals surface area contributed by atoms with Crippen molar-refractivity contribution in [2.24, 2.45) is 5.16 Å². The molecule has 1 aliphatic rings. The lowest BCUT2D eigenvalue weighted by Crippen LogP contribution is -2.37. The summed E-state index contributed by atoms with van der Waals surface area (Å²) in [5, 5.41) is 14.7. The quantitative estimate of drug-likeness (QED) is 0.798. The summed E-state index contributed by atoms with van der Waals surface area (Å²) in [6, 6.07) is 13.9. The Morgan fingerprint density at radius 1 is 1.23 bits per heavy atom. The van der Waals surface area contributed by atoms with E-state index in [0.717, 1.165) is 16.8 Å². The first-order valence-electron chi connectivity index (χ1n) is 8.63. The van der Waals surface area contributed by atoms with Crippen LogP contribution < -0.4 is 0 Å². The van der Waals surface area contributed by atoms with E-state index < -0.39 is 6.10 Å². The number of aliphatic hydroxyl groups is 1. The number of hydrogen-bond acceptors (Lipinski definition) is 4. The molecule has 1 heterocycles. The fraction of sp³-hybridized carbons (Fsp3) is 0.350. The lowest BCUT2D eigenvalue weighted by Gasteiger charge is -2.25. The van der Waals surface area contributed by atoms with Crippen LogP contribution in [0, 0.1) is 5.82 Å². The van der Waals surface area contributed by atoms with Gasteiger partial charge in [-0.15, -0.1) is 0 Å². The Morgan fingerprint density at radius 3 is 2.58 bits per heavy atom. The van der Waals surface area contributed by atoms with Gasteiger partial charge in [0.05, 0.1) is 11.8 Å². The Kier molecular flexibility index (Phi) is 6.25. The molecule has 1 N–H and O–H groups in total. The van der Waals surface area contributed by atoms with Crippen LogP contribution in [0.25, 0.3) is 0 Å². The molecule has 2 aromatic rings. The second kappa shape index (κ2) is 8.62. The third-order valence-corrected chi connectivity index (χ3v) is 4.47. The minimum absolute atomic E-state index is 0.0834. The van der Waals surface area contributed by atoms with Crippen LogP contribution in [0.15, 0.2) is 53.7 Å². The first-order chi connectivity index (χ1) is 12.5. The smallest absolute Gasteiger partial charge is 0.145 e. The van der Waals surface area contributed by atoms with Gasteiger partial charge in [0.25, 0.3) is 0 Å². The fourth-order valence-corrected chi connectivity index (χ4v) is 3.18. The molecule has 2 atom stereocenters. The summed E-state index contributed by atoms with van der Waals surface area (Å²) in [5.41, 5.74) is 2.88. The third-order valence-electron chi connectivity index (χ3n) is 4.21. The SMILES string of the molecule is C[C@H](O)CN(Cc1ccc(F)cc1)C[C@H]1CC(c2ccc(Cl)cc2)=NO1. The number of halogens is 2. The van der Waals surface area contributed by atoms with Gasteiger partial charge in [-0.05, 0) is 42.3 Å². The molecule has 26 heavy (non-hydrogen) atoms. The third kappa shape index (κ3) is 5.27. The topological polar surface area (TPSA) is 45.1 Å². The zero-order chi connectivity index (χ0) is 18.5. The molecule has 0 amide bonds. The zero-order valence-electron chi connectivity index (χ0n) is 14.6. The molecule has 138 valence electrons. The largest absolute Gasteiger partial charge is 0.392 e. The normalized spacial score (nSPS) is 17.9. The van der Waals surface area contributed by atoms with Gasteiger partial charge in [0.2, 0.25) is 0 Å². The van der Waals surface area contributed by atoms with Crippen molar-refractivity contribution < 1.29 is 14.3 Å². The van der Waals surface area contributed by atoms with E-state index in [1.807, 2.05) is 24.3 Å². The van der Waals surface area contributed by atoms with E-state index in [2.05, 4.69) is 10.1 Å². The van der Waals surface area contributed by atoms with Gasteiger partial charge in [0.15, 0.2) is 0 Å². The monoisotopic (exact) mass is 376 g/mol. The van der Waals surface area contributed by atoms with Crippen molar-refractivity contribution in [1.29, 1.82) is 0 Å². The van der Waals surface area contributed by atoms with Crippen molar-refractivity contribution in [3.8, 4) is 0 Å². The molecule has 0 fully saturated rings. The van der Waals surface area contributed by atoms with E-state index in [1.165, 1.54) is 12.1 Å². The van der Waals surface area contributed by atoms with Crippen molar-refractivity contribution >= 4 is 17.3 Å². The van der Waals surface area contributed by atoms with E-state index in [-0.39, 0.29) is 11.9 Å². The zero-order valence-corrected chi connectivity index (χ0v) is 15.4. The van der Waals surface area contributed by atoms with Crippen molar-refractivity contribution in [2.45, 2.75) is 32.1 Å². The molecular weight excluding hydrogens is 355 g/mol. The number of nitrogens with zero attached hydrogens (tertiary/aromatic N) is 2. The Balaban J connectivity index is 1.60. The molecule has 0 radical (unpaired) electrons. The summed E-state index contributed by atoms with van der Waals surface area (Å²) < 4.78 is 13.1. The Hall–Kier alpha value is -1.95. The lowest BCUT2D eigenvalue weighted by molar-refractivity contribution is 0.0351. The maximum atomic E-state index is 13.1.